The van der Waals surface area contributed by atoms with Crippen LogP contribution in [-0.2, 0) is 19.6 Å². The number of sulfonamides is 1. The van der Waals surface area contributed by atoms with Gasteiger partial charge in [0.05, 0.1) is 4.90 Å². The molecule has 2 fully saturated rings. The Hall–Kier alpha value is -1.93. The minimum Gasteiger partial charge on any atom is -0.353 e. The van der Waals surface area contributed by atoms with Gasteiger partial charge in [-0.2, -0.15) is 4.31 Å². The van der Waals surface area contributed by atoms with Gasteiger partial charge in [0.25, 0.3) is 0 Å². The van der Waals surface area contributed by atoms with Crippen molar-refractivity contribution in [2.75, 3.05) is 18.4 Å². The second-order valence-corrected chi connectivity index (χ2v) is 10.5. The van der Waals surface area contributed by atoms with E-state index >= 15 is 0 Å². The van der Waals surface area contributed by atoms with Gasteiger partial charge >= 0.3 is 0 Å². The molecule has 1 aliphatic carbocycles. The summed E-state index contributed by atoms with van der Waals surface area (Å²) in [5.74, 6) is 0.136. The van der Waals surface area contributed by atoms with Gasteiger partial charge in [0.15, 0.2) is 0 Å². The molecule has 166 valence electrons. The van der Waals surface area contributed by atoms with Crippen molar-refractivity contribution in [1.82, 2.24) is 9.62 Å². The van der Waals surface area contributed by atoms with E-state index < -0.39 is 10.0 Å². The number of benzene rings is 1. The zero-order chi connectivity index (χ0) is 21.6. The molecule has 1 saturated heterocycles. The van der Waals surface area contributed by atoms with Crippen LogP contribution >= 0.6 is 0 Å². The number of hydrogen-bond acceptors (Lipinski definition) is 4. The molecule has 1 aromatic carbocycles. The van der Waals surface area contributed by atoms with E-state index in [1.165, 1.54) is 49.0 Å². The smallest absolute Gasteiger partial charge is 0.243 e. The fourth-order valence-corrected chi connectivity index (χ4v) is 5.86. The summed E-state index contributed by atoms with van der Waals surface area (Å²) in [6.07, 6.45) is 8.91. The molecule has 1 aromatic rings. The zero-order valence-corrected chi connectivity index (χ0v) is 18.5. The van der Waals surface area contributed by atoms with E-state index in [4.69, 9.17) is 0 Å². The molecule has 0 atom stereocenters. The Morgan fingerprint density at radius 3 is 2.13 bits per heavy atom. The highest BCUT2D eigenvalue weighted by Gasteiger charge is 2.30. The Kier molecular flexibility index (Phi) is 7.88. The number of anilines is 1. The van der Waals surface area contributed by atoms with Gasteiger partial charge in [-0.3, -0.25) is 9.59 Å². The van der Waals surface area contributed by atoms with Crippen LogP contribution in [0.2, 0.25) is 0 Å². The molecule has 0 unspecified atom stereocenters. The zero-order valence-electron chi connectivity index (χ0n) is 17.7. The molecule has 7 nitrogen and oxygen atoms in total. The second-order valence-electron chi connectivity index (χ2n) is 8.51. The number of amides is 2. The van der Waals surface area contributed by atoms with Gasteiger partial charge in [-0.05, 0) is 55.9 Å². The minimum atomic E-state index is -3.57. The average Bonchev–Trinajstić information content (AvgIpc) is 2.97. The quantitative estimate of drug-likeness (QED) is 0.671. The molecule has 0 aromatic heterocycles. The Morgan fingerprint density at radius 2 is 1.57 bits per heavy atom. The van der Waals surface area contributed by atoms with Crippen molar-refractivity contribution in [3.8, 4) is 0 Å². The Bertz CT molecular complexity index is 822. The minimum absolute atomic E-state index is 0.108. The van der Waals surface area contributed by atoms with Crippen LogP contribution in [0.25, 0.3) is 0 Å². The summed E-state index contributed by atoms with van der Waals surface area (Å²) < 4.78 is 27.3. The van der Waals surface area contributed by atoms with Crippen LogP contribution in [0.5, 0.6) is 0 Å². The van der Waals surface area contributed by atoms with Gasteiger partial charge in [-0.25, -0.2) is 8.42 Å². The van der Waals surface area contributed by atoms with Gasteiger partial charge < -0.3 is 10.6 Å². The van der Waals surface area contributed by atoms with E-state index in [2.05, 4.69) is 10.6 Å². The molecule has 0 radical (unpaired) electrons. The third-order valence-corrected chi connectivity index (χ3v) is 7.99. The highest BCUT2D eigenvalue weighted by molar-refractivity contribution is 7.89. The first-order chi connectivity index (χ1) is 14.3. The number of carbonyl (C=O) groups is 2. The number of nitrogens with zero attached hydrogens (tertiary/aromatic N) is 1. The summed E-state index contributed by atoms with van der Waals surface area (Å²) in [7, 11) is -3.57. The van der Waals surface area contributed by atoms with Crippen molar-refractivity contribution < 1.29 is 18.0 Å². The molecule has 1 aliphatic heterocycles. The SMILES string of the molecule is CC(=O)Nc1ccc(S(=O)(=O)N2CCC(CC(=O)NC3CCCCCC3)CC2)cc1. The predicted octanol–water partition coefficient (Wildman–Crippen LogP) is 3.27. The highest BCUT2D eigenvalue weighted by atomic mass is 32.2. The van der Waals surface area contributed by atoms with Gasteiger partial charge in [-0.15, -0.1) is 0 Å². The van der Waals surface area contributed by atoms with Gasteiger partial charge in [0.1, 0.15) is 0 Å². The van der Waals surface area contributed by atoms with Crippen molar-refractivity contribution in [3.63, 3.8) is 0 Å². The monoisotopic (exact) mass is 435 g/mol. The van der Waals surface area contributed by atoms with Crippen molar-refractivity contribution in [3.05, 3.63) is 24.3 Å². The number of carbonyl (C=O) groups excluding carboxylic acids is 2. The number of hydrogen-bond donors (Lipinski definition) is 2. The normalized spacial score (nSPS) is 19.8. The van der Waals surface area contributed by atoms with Crippen molar-refractivity contribution in [1.29, 1.82) is 0 Å². The lowest BCUT2D eigenvalue weighted by Crippen LogP contribution is -2.40. The van der Waals surface area contributed by atoms with Crippen molar-refractivity contribution in [2.24, 2.45) is 5.92 Å². The fourth-order valence-electron chi connectivity index (χ4n) is 4.39. The molecule has 1 saturated carbocycles. The molecular weight excluding hydrogens is 402 g/mol. The number of rotatable bonds is 6. The molecule has 2 amide bonds. The predicted molar refractivity (Wildman–Crippen MR) is 116 cm³/mol. The Balaban J connectivity index is 1.49. The van der Waals surface area contributed by atoms with Gasteiger partial charge in [0, 0.05) is 38.2 Å². The summed E-state index contributed by atoms with van der Waals surface area (Å²) >= 11 is 0. The van der Waals surface area contributed by atoms with E-state index in [0.29, 0.717) is 44.1 Å². The maximum Gasteiger partial charge on any atom is 0.243 e. The Morgan fingerprint density at radius 1 is 0.967 bits per heavy atom. The van der Waals surface area contributed by atoms with E-state index in [9.17, 15) is 18.0 Å². The fraction of sp³-hybridized carbons (Fsp3) is 0.636. The number of piperidine rings is 1. The highest BCUT2D eigenvalue weighted by Crippen LogP contribution is 2.26. The standard InChI is InChI=1S/C22H33N3O4S/c1-17(26)23-20-8-10-21(11-9-20)30(28,29)25-14-12-18(13-15-25)16-22(27)24-19-6-4-2-3-5-7-19/h8-11,18-19H,2-7,12-16H2,1H3,(H,23,26)(H,24,27). The van der Waals surface area contributed by atoms with Crippen LogP contribution in [0.1, 0.15) is 64.7 Å². The van der Waals surface area contributed by atoms with Crippen LogP contribution in [0.3, 0.4) is 0 Å². The van der Waals surface area contributed by atoms with Crippen molar-refractivity contribution >= 4 is 27.5 Å². The van der Waals surface area contributed by atoms with Crippen LogP contribution in [0, 0.1) is 5.92 Å². The lowest BCUT2D eigenvalue weighted by atomic mass is 9.94. The van der Waals surface area contributed by atoms with Crippen LogP contribution in [0.4, 0.5) is 5.69 Å². The third-order valence-electron chi connectivity index (χ3n) is 6.08. The topological polar surface area (TPSA) is 95.6 Å². The first-order valence-corrected chi connectivity index (χ1v) is 12.5. The average molecular weight is 436 g/mol. The van der Waals surface area contributed by atoms with E-state index in [1.54, 1.807) is 12.1 Å². The largest absolute Gasteiger partial charge is 0.353 e. The van der Waals surface area contributed by atoms with E-state index in [-0.39, 0.29) is 22.6 Å². The molecule has 0 bridgehead atoms. The molecule has 30 heavy (non-hydrogen) atoms. The van der Waals surface area contributed by atoms with Gasteiger partial charge in [0.2, 0.25) is 21.8 Å². The molecule has 3 rings (SSSR count). The molecule has 2 aliphatic rings. The molecular formula is C22H33N3O4S. The summed E-state index contributed by atoms with van der Waals surface area (Å²) in [6, 6.07) is 6.54. The second kappa shape index (κ2) is 10.4. The molecule has 8 heteroatoms. The Labute approximate surface area is 179 Å². The van der Waals surface area contributed by atoms with Crippen LogP contribution in [-0.4, -0.2) is 43.7 Å². The summed E-state index contributed by atoms with van der Waals surface area (Å²) in [5, 5.41) is 5.83. The van der Waals surface area contributed by atoms with E-state index in [1.807, 2.05) is 0 Å². The van der Waals surface area contributed by atoms with Crippen LogP contribution in [0.15, 0.2) is 29.2 Å². The lowest BCUT2D eigenvalue weighted by molar-refractivity contribution is -0.123. The summed E-state index contributed by atoms with van der Waals surface area (Å²) in [4.78, 5) is 23.8. The molecule has 1 heterocycles. The maximum absolute atomic E-state index is 12.9. The first kappa shape index (κ1) is 22.7. The van der Waals surface area contributed by atoms with E-state index in [0.717, 1.165) is 12.8 Å². The maximum atomic E-state index is 12.9. The van der Waals surface area contributed by atoms with Crippen molar-refractivity contribution in [2.45, 2.75) is 75.6 Å². The third kappa shape index (κ3) is 6.28. The van der Waals surface area contributed by atoms with Gasteiger partial charge in [-0.1, -0.05) is 25.7 Å². The van der Waals surface area contributed by atoms with Crippen LogP contribution < -0.4 is 10.6 Å². The number of nitrogens with one attached hydrogen (secondary N) is 2. The molecule has 0 spiro atoms. The molecule has 2 N–H and O–H groups in total. The lowest BCUT2D eigenvalue weighted by Gasteiger charge is -2.31. The summed E-state index contributed by atoms with van der Waals surface area (Å²) in [5.41, 5.74) is 0.569. The summed E-state index contributed by atoms with van der Waals surface area (Å²) in [6.45, 7) is 2.26. The first-order valence-electron chi connectivity index (χ1n) is 11.0.